The van der Waals surface area contributed by atoms with Crippen molar-refractivity contribution in [3.63, 3.8) is 0 Å². The Morgan fingerprint density at radius 1 is 1.54 bits per heavy atom. The molecule has 4 nitrogen and oxygen atoms in total. The largest absolute Gasteiger partial charge is 0.434 e. The molecule has 0 aliphatic rings. The van der Waals surface area contributed by atoms with Gasteiger partial charge in [-0.25, -0.2) is 4.98 Å². The monoisotopic (exact) mass is 176 g/mol. The van der Waals surface area contributed by atoms with Crippen LogP contribution in [-0.4, -0.2) is 10.8 Å². The first kappa shape index (κ1) is 7.79. The van der Waals surface area contributed by atoms with Crippen LogP contribution in [0.2, 0.25) is 0 Å². The van der Waals surface area contributed by atoms with Crippen molar-refractivity contribution in [2.24, 2.45) is 0 Å². The van der Waals surface area contributed by atoms with Crippen LogP contribution < -0.4 is 5.73 Å². The number of nitrogens with two attached hydrogens (primary N) is 1. The quantitative estimate of drug-likeness (QED) is 0.529. The van der Waals surface area contributed by atoms with Gasteiger partial charge in [-0.3, -0.25) is 4.79 Å². The fourth-order valence-corrected chi connectivity index (χ4v) is 1.09. The van der Waals surface area contributed by atoms with E-state index < -0.39 is 0 Å². The lowest BCUT2D eigenvalue weighted by molar-refractivity contribution is 0.0983. The van der Waals surface area contributed by atoms with Gasteiger partial charge in [-0.05, 0) is 12.1 Å². The third-order valence-corrected chi connectivity index (χ3v) is 1.71. The molecule has 66 valence electrons. The number of carbonyl (C=O) groups is 1. The SMILES string of the molecule is CC(=O)c1nc2ccc(N)cc2o1. The Morgan fingerprint density at radius 3 is 3.00 bits per heavy atom. The summed E-state index contributed by atoms with van der Waals surface area (Å²) in [5.74, 6) is -0.0598. The molecule has 0 saturated carbocycles. The first-order chi connectivity index (χ1) is 6.16. The van der Waals surface area contributed by atoms with Crippen molar-refractivity contribution < 1.29 is 9.21 Å². The van der Waals surface area contributed by atoms with Crippen molar-refractivity contribution in [2.45, 2.75) is 6.92 Å². The van der Waals surface area contributed by atoms with Gasteiger partial charge in [0.25, 0.3) is 5.89 Å². The number of carbonyl (C=O) groups excluding carboxylic acids is 1. The van der Waals surface area contributed by atoms with Crippen molar-refractivity contribution >= 4 is 22.6 Å². The second kappa shape index (κ2) is 2.58. The van der Waals surface area contributed by atoms with E-state index in [4.69, 9.17) is 10.2 Å². The predicted molar refractivity (Wildman–Crippen MR) is 48.4 cm³/mol. The Labute approximate surface area is 74.4 Å². The van der Waals surface area contributed by atoms with E-state index in [2.05, 4.69) is 4.98 Å². The van der Waals surface area contributed by atoms with Gasteiger partial charge in [0, 0.05) is 18.7 Å². The summed E-state index contributed by atoms with van der Waals surface area (Å²) < 4.78 is 5.17. The molecular weight excluding hydrogens is 168 g/mol. The molecule has 2 aromatic rings. The van der Waals surface area contributed by atoms with Crippen molar-refractivity contribution in [1.29, 1.82) is 0 Å². The Hall–Kier alpha value is -1.84. The number of nitrogen functional groups attached to an aromatic ring is 1. The molecule has 0 spiro atoms. The summed E-state index contributed by atoms with van der Waals surface area (Å²) in [6.07, 6.45) is 0. The third kappa shape index (κ3) is 1.26. The zero-order valence-electron chi connectivity index (χ0n) is 7.07. The molecule has 0 aliphatic heterocycles. The zero-order valence-corrected chi connectivity index (χ0v) is 7.07. The second-order valence-electron chi connectivity index (χ2n) is 2.80. The van der Waals surface area contributed by atoms with Gasteiger partial charge in [0.15, 0.2) is 5.58 Å². The summed E-state index contributed by atoms with van der Waals surface area (Å²) in [7, 11) is 0. The Bertz CT molecular complexity index is 473. The van der Waals surface area contributed by atoms with Crippen LogP contribution in [0.25, 0.3) is 11.1 Å². The molecular formula is C9H8N2O2. The number of anilines is 1. The van der Waals surface area contributed by atoms with Crippen LogP contribution >= 0.6 is 0 Å². The molecule has 1 aromatic heterocycles. The van der Waals surface area contributed by atoms with E-state index in [1.807, 2.05) is 0 Å². The summed E-state index contributed by atoms with van der Waals surface area (Å²) in [6.45, 7) is 1.41. The van der Waals surface area contributed by atoms with Crippen molar-refractivity contribution in [3.05, 3.63) is 24.1 Å². The van der Waals surface area contributed by atoms with Crippen LogP contribution in [0, 0.1) is 0 Å². The first-order valence-electron chi connectivity index (χ1n) is 3.84. The molecule has 0 amide bonds. The molecule has 2 N–H and O–H groups in total. The highest BCUT2D eigenvalue weighted by Gasteiger charge is 2.08. The van der Waals surface area contributed by atoms with E-state index in [1.165, 1.54) is 6.92 Å². The lowest BCUT2D eigenvalue weighted by Gasteiger charge is -1.88. The molecule has 1 heterocycles. The van der Waals surface area contributed by atoms with Crippen molar-refractivity contribution in [3.8, 4) is 0 Å². The summed E-state index contributed by atoms with van der Waals surface area (Å²) in [6, 6.07) is 5.09. The standard InChI is InChI=1S/C9H8N2O2/c1-5(12)9-11-7-3-2-6(10)4-8(7)13-9/h2-4H,10H2,1H3. The van der Waals surface area contributed by atoms with Crippen molar-refractivity contribution in [2.75, 3.05) is 5.73 Å². The number of oxazole rings is 1. The number of Topliss-reactive ketones (excluding diaryl/α,β-unsaturated/α-hetero) is 1. The average Bonchev–Trinajstić information content (AvgIpc) is 2.46. The van der Waals surface area contributed by atoms with Crippen LogP contribution in [0.5, 0.6) is 0 Å². The van der Waals surface area contributed by atoms with Gasteiger partial charge in [-0.2, -0.15) is 0 Å². The van der Waals surface area contributed by atoms with E-state index in [9.17, 15) is 4.79 Å². The fraction of sp³-hybridized carbons (Fsp3) is 0.111. The van der Waals surface area contributed by atoms with Crippen LogP contribution in [0.1, 0.15) is 17.6 Å². The average molecular weight is 176 g/mol. The Balaban J connectivity index is 2.68. The molecule has 4 heteroatoms. The summed E-state index contributed by atoms with van der Waals surface area (Å²) in [5.41, 5.74) is 7.33. The van der Waals surface area contributed by atoms with Crippen LogP contribution in [0.4, 0.5) is 5.69 Å². The number of hydrogen-bond donors (Lipinski definition) is 1. The molecule has 0 atom stereocenters. The molecule has 0 bridgehead atoms. The number of aromatic nitrogens is 1. The predicted octanol–water partition coefficient (Wildman–Crippen LogP) is 1.61. The highest BCUT2D eigenvalue weighted by atomic mass is 16.4. The molecule has 1 aromatic carbocycles. The molecule has 0 fully saturated rings. The number of rotatable bonds is 1. The Kier molecular flexibility index (Phi) is 1.55. The van der Waals surface area contributed by atoms with Crippen LogP contribution in [0.3, 0.4) is 0 Å². The Morgan fingerprint density at radius 2 is 2.31 bits per heavy atom. The lowest BCUT2D eigenvalue weighted by atomic mass is 10.3. The molecule has 2 rings (SSSR count). The van der Waals surface area contributed by atoms with E-state index >= 15 is 0 Å². The maximum absolute atomic E-state index is 10.9. The van der Waals surface area contributed by atoms with Gasteiger partial charge in [-0.1, -0.05) is 0 Å². The minimum atomic E-state index is -0.185. The third-order valence-electron chi connectivity index (χ3n) is 1.71. The van der Waals surface area contributed by atoms with Crippen LogP contribution in [0.15, 0.2) is 22.6 Å². The minimum absolute atomic E-state index is 0.126. The fourth-order valence-electron chi connectivity index (χ4n) is 1.09. The number of benzene rings is 1. The van der Waals surface area contributed by atoms with Gasteiger partial charge >= 0.3 is 0 Å². The summed E-state index contributed by atoms with van der Waals surface area (Å²) in [5, 5.41) is 0. The number of nitrogens with zero attached hydrogens (tertiary/aromatic N) is 1. The van der Waals surface area contributed by atoms with E-state index in [1.54, 1.807) is 18.2 Å². The maximum atomic E-state index is 10.9. The highest BCUT2D eigenvalue weighted by molar-refractivity contribution is 5.92. The van der Waals surface area contributed by atoms with Gasteiger partial charge in [0.1, 0.15) is 5.52 Å². The van der Waals surface area contributed by atoms with Crippen molar-refractivity contribution in [1.82, 2.24) is 4.98 Å². The van der Waals surface area contributed by atoms with Gasteiger partial charge in [0.05, 0.1) is 0 Å². The molecule has 0 radical (unpaired) electrons. The highest BCUT2D eigenvalue weighted by Crippen LogP contribution is 2.18. The first-order valence-corrected chi connectivity index (χ1v) is 3.84. The normalized spacial score (nSPS) is 10.5. The smallest absolute Gasteiger partial charge is 0.263 e. The maximum Gasteiger partial charge on any atom is 0.263 e. The van der Waals surface area contributed by atoms with E-state index in [0.29, 0.717) is 16.8 Å². The molecule has 0 aliphatic carbocycles. The number of hydrogen-bond acceptors (Lipinski definition) is 4. The van der Waals surface area contributed by atoms with Gasteiger partial charge in [-0.15, -0.1) is 0 Å². The van der Waals surface area contributed by atoms with E-state index in [-0.39, 0.29) is 11.7 Å². The minimum Gasteiger partial charge on any atom is -0.434 e. The molecule has 13 heavy (non-hydrogen) atoms. The second-order valence-corrected chi connectivity index (χ2v) is 2.80. The number of fused-ring (bicyclic) bond motifs is 1. The molecule has 0 saturated heterocycles. The lowest BCUT2D eigenvalue weighted by Crippen LogP contribution is -1.89. The van der Waals surface area contributed by atoms with Crippen LogP contribution in [-0.2, 0) is 0 Å². The topological polar surface area (TPSA) is 69.1 Å². The molecule has 0 unspecified atom stereocenters. The number of ketones is 1. The van der Waals surface area contributed by atoms with Gasteiger partial charge in [0.2, 0.25) is 5.78 Å². The zero-order chi connectivity index (χ0) is 9.42. The van der Waals surface area contributed by atoms with E-state index in [0.717, 1.165) is 0 Å². The van der Waals surface area contributed by atoms with Gasteiger partial charge < -0.3 is 10.2 Å². The summed E-state index contributed by atoms with van der Waals surface area (Å²) >= 11 is 0. The summed E-state index contributed by atoms with van der Waals surface area (Å²) in [4.78, 5) is 14.9.